The molecule has 0 aliphatic carbocycles. The molecule has 5 aromatic rings. The maximum absolute atomic E-state index is 14.5. The van der Waals surface area contributed by atoms with Crippen LogP contribution in [-0.2, 0) is 22.6 Å². The number of nitrogens with zero attached hydrogens (tertiary/aromatic N) is 5. The minimum atomic E-state index is -1.27. The van der Waals surface area contributed by atoms with Crippen molar-refractivity contribution in [2.45, 2.75) is 58.3 Å². The van der Waals surface area contributed by atoms with E-state index in [0.29, 0.717) is 23.0 Å². The first-order valence-corrected chi connectivity index (χ1v) is 15.0. The van der Waals surface area contributed by atoms with E-state index < -0.39 is 12.2 Å². The zero-order chi connectivity index (χ0) is 30.8. The molecule has 2 aromatic carbocycles. The Morgan fingerprint density at radius 2 is 1.84 bits per heavy atom. The van der Waals surface area contributed by atoms with Gasteiger partial charge >= 0.3 is 0 Å². The molecule has 1 saturated heterocycles. The molecule has 9 nitrogen and oxygen atoms in total. The van der Waals surface area contributed by atoms with Crippen LogP contribution in [0.2, 0.25) is 0 Å². The molecule has 0 bridgehead atoms. The number of benzene rings is 2. The highest BCUT2D eigenvalue weighted by molar-refractivity contribution is 6.08. The summed E-state index contributed by atoms with van der Waals surface area (Å²) in [7, 11) is 0. The fourth-order valence-electron chi connectivity index (χ4n) is 6.01. The Balaban J connectivity index is 1.15. The normalized spacial score (nSPS) is 16.6. The second-order valence-corrected chi connectivity index (χ2v) is 11.5. The van der Waals surface area contributed by atoms with Crippen LogP contribution >= 0.6 is 0 Å². The predicted molar refractivity (Wildman–Crippen MR) is 166 cm³/mol. The molecular formula is C34H35FN6O3. The molecule has 4 heterocycles. The molecule has 3 aromatic heterocycles. The van der Waals surface area contributed by atoms with Gasteiger partial charge in [0, 0.05) is 59.7 Å². The van der Waals surface area contributed by atoms with Crippen molar-refractivity contribution in [3.05, 3.63) is 90.0 Å². The lowest BCUT2D eigenvalue weighted by molar-refractivity contribution is -0.138. The summed E-state index contributed by atoms with van der Waals surface area (Å²) in [6.07, 6.45) is 6.65. The summed E-state index contributed by atoms with van der Waals surface area (Å²) in [4.78, 5) is 45.0. The molecule has 6 rings (SSSR count). The van der Waals surface area contributed by atoms with Gasteiger partial charge in [-0.25, -0.2) is 13.9 Å². The number of hydrogen-bond donors (Lipinski definition) is 1. The number of fused-ring (bicyclic) bond motifs is 2. The molecule has 0 saturated carbocycles. The minimum Gasteiger partial charge on any atom is -0.354 e. The Labute approximate surface area is 254 Å². The molecule has 0 unspecified atom stereocenters. The van der Waals surface area contributed by atoms with Gasteiger partial charge in [-0.3, -0.25) is 14.4 Å². The summed E-state index contributed by atoms with van der Waals surface area (Å²) in [6, 6.07) is 16.9. The third-order valence-electron chi connectivity index (χ3n) is 8.24. The number of unbranched alkanes of at least 4 members (excludes halogenated alkanes) is 1. The number of aromatic nitrogens is 4. The highest BCUT2D eigenvalue weighted by atomic mass is 19.1. The lowest BCUT2D eigenvalue weighted by atomic mass is 10.0. The zero-order valence-corrected chi connectivity index (χ0v) is 24.9. The smallest absolute Gasteiger partial charge is 0.243 e. The van der Waals surface area contributed by atoms with Crippen molar-refractivity contribution in [3.63, 3.8) is 0 Å². The number of amides is 2. The summed E-state index contributed by atoms with van der Waals surface area (Å²) in [6.45, 7) is 3.62. The molecular weight excluding hydrogens is 559 g/mol. The molecule has 0 radical (unpaired) electrons. The molecule has 0 spiro atoms. The van der Waals surface area contributed by atoms with Gasteiger partial charge in [0.05, 0.1) is 12.2 Å². The van der Waals surface area contributed by atoms with Gasteiger partial charge in [-0.15, -0.1) is 0 Å². The Morgan fingerprint density at radius 3 is 2.64 bits per heavy atom. The average molecular weight is 595 g/mol. The van der Waals surface area contributed by atoms with Gasteiger partial charge in [0.25, 0.3) is 0 Å². The molecule has 2 amide bonds. The number of Topliss-reactive ketones (excluding diaryl/α,β-unsaturated/α-hetero) is 1. The number of carbonyl (C=O) groups is 3. The summed E-state index contributed by atoms with van der Waals surface area (Å²) < 4.78 is 18.0. The first kappa shape index (κ1) is 29.2. The van der Waals surface area contributed by atoms with Crippen LogP contribution in [0.5, 0.6) is 0 Å². The van der Waals surface area contributed by atoms with Crippen molar-refractivity contribution < 1.29 is 18.8 Å². The second kappa shape index (κ2) is 12.4. The van der Waals surface area contributed by atoms with Crippen molar-refractivity contribution in [1.82, 2.24) is 29.4 Å². The van der Waals surface area contributed by atoms with Crippen LogP contribution in [0.1, 0.15) is 47.8 Å². The Hall–Kier alpha value is -4.86. The molecule has 1 N–H and O–H groups in total. The lowest BCUT2D eigenvalue weighted by Crippen LogP contribution is -2.47. The standard InChI is InChI=1S/C34H35FN6O3/c1-22-14-32-37-17-26(18-41(32)38-22)25-11-12-30-28(15-25)29(23(2)42)20-39(30)21-33(43)40-19-27(35)16-31(40)34(44)36-13-7-6-10-24-8-4-3-5-9-24/h3-5,8-9,11-12,14-15,17-18,20,27,31H,6-7,10,13,16,19,21H2,1-2H3,(H,36,44)/t27-,31+/m1/s1. The topological polar surface area (TPSA) is 102 Å². The number of nitrogens with one attached hydrogen (secondary N) is 1. The maximum atomic E-state index is 14.5. The molecule has 1 aliphatic heterocycles. The van der Waals surface area contributed by atoms with E-state index in [1.54, 1.807) is 21.5 Å². The van der Waals surface area contributed by atoms with Gasteiger partial charge in [-0.05, 0) is 56.4 Å². The molecule has 44 heavy (non-hydrogen) atoms. The molecule has 226 valence electrons. The van der Waals surface area contributed by atoms with Crippen molar-refractivity contribution in [2.75, 3.05) is 13.1 Å². The number of hydrogen-bond acceptors (Lipinski definition) is 5. The monoisotopic (exact) mass is 594 g/mol. The van der Waals surface area contributed by atoms with Crippen LogP contribution in [0.4, 0.5) is 4.39 Å². The Kier molecular flexibility index (Phi) is 8.23. The number of carbonyl (C=O) groups excluding carboxylic acids is 3. The first-order chi connectivity index (χ1) is 21.3. The van der Waals surface area contributed by atoms with Crippen LogP contribution in [0.25, 0.3) is 27.7 Å². The average Bonchev–Trinajstić information content (AvgIpc) is 3.70. The highest BCUT2D eigenvalue weighted by Crippen LogP contribution is 2.29. The van der Waals surface area contributed by atoms with Crippen LogP contribution in [0, 0.1) is 6.92 Å². The second-order valence-electron chi connectivity index (χ2n) is 11.5. The quantitative estimate of drug-likeness (QED) is 0.182. The number of aryl methyl sites for hydroxylation is 2. The summed E-state index contributed by atoms with van der Waals surface area (Å²) in [5.41, 5.74) is 5.72. The van der Waals surface area contributed by atoms with Gasteiger partial charge in [-0.2, -0.15) is 5.10 Å². The summed E-state index contributed by atoms with van der Waals surface area (Å²) in [5, 5.41) is 8.04. The number of alkyl halides is 1. The molecule has 2 atom stereocenters. The number of ketones is 1. The minimum absolute atomic E-state index is 0.0236. The fraction of sp³-hybridized carbons (Fsp3) is 0.324. The highest BCUT2D eigenvalue weighted by Gasteiger charge is 2.39. The van der Waals surface area contributed by atoms with Crippen molar-refractivity contribution in [3.8, 4) is 11.1 Å². The van der Waals surface area contributed by atoms with Crippen molar-refractivity contribution in [2.24, 2.45) is 0 Å². The largest absolute Gasteiger partial charge is 0.354 e. The van der Waals surface area contributed by atoms with Crippen molar-refractivity contribution >= 4 is 34.1 Å². The Bertz CT molecular complexity index is 1850. The zero-order valence-electron chi connectivity index (χ0n) is 24.9. The number of rotatable bonds is 10. The van der Waals surface area contributed by atoms with E-state index in [4.69, 9.17) is 0 Å². The van der Waals surface area contributed by atoms with E-state index in [2.05, 4.69) is 27.5 Å². The third kappa shape index (κ3) is 6.10. The van der Waals surface area contributed by atoms with Crippen molar-refractivity contribution in [1.29, 1.82) is 0 Å². The molecule has 10 heteroatoms. The SMILES string of the molecule is CC(=O)c1cn(CC(=O)N2C[C@H](F)C[C@H]2C(=O)NCCCCc2ccccc2)c2ccc(-c3cnc4cc(C)nn4c3)cc12. The molecule has 1 fully saturated rings. The van der Waals surface area contributed by atoms with Gasteiger partial charge in [0.1, 0.15) is 18.8 Å². The van der Waals surface area contributed by atoms with Crippen LogP contribution in [0.15, 0.2) is 73.2 Å². The van der Waals surface area contributed by atoms with Crippen LogP contribution in [-0.4, -0.2) is 67.0 Å². The van der Waals surface area contributed by atoms with E-state index >= 15 is 0 Å². The van der Waals surface area contributed by atoms with E-state index in [1.165, 1.54) is 17.4 Å². The molecule has 1 aliphatic rings. The fourth-order valence-corrected chi connectivity index (χ4v) is 6.01. The van der Waals surface area contributed by atoms with Gasteiger partial charge < -0.3 is 14.8 Å². The predicted octanol–water partition coefficient (Wildman–Crippen LogP) is 4.94. The van der Waals surface area contributed by atoms with E-state index in [9.17, 15) is 18.8 Å². The Morgan fingerprint density at radius 1 is 1.02 bits per heavy atom. The van der Waals surface area contributed by atoms with Crippen LogP contribution in [0.3, 0.4) is 0 Å². The number of halogens is 1. The van der Waals surface area contributed by atoms with Gasteiger partial charge in [-0.1, -0.05) is 36.4 Å². The lowest BCUT2D eigenvalue weighted by Gasteiger charge is -2.24. The summed E-state index contributed by atoms with van der Waals surface area (Å²) in [5.74, 6) is -0.833. The third-order valence-corrected chi connectivity index (χ3v) is 8.24. The van der Waals surface area contributed by atoms with Crippen LogP contribution < -0.4 is 5.32 Å². The maximum Gasteiger partial charge on any atom is 0.243 e. The van der Waals surface area contributed by atoms with E-state index in [-0.39, 0.29) is 37.1 Å². The number of likely N-dealkylation sites (tertiary alicyclic amines) is 1. The van der Waals surface area contributed by atoms with E-state index in [1.807, 2.05) is 55.6 Å². The van der Waals surface area contributed by atoms with E-state index in [0.717, 1.165) is 41.7 Å². The summed E-state index contributed by atoms with van der Waals surface area (Å²) >= 11 is 0. The van der Waals surface area contributed by atoms with Gasteiger partial charge in [0.15, 0.2) is 11.4 Å². The first-order valence-electron chi connectivity index (χ1n) is 15.0. The van der Waals surface area contributed by atoms with Gasteiger partial charge in [0.2, 0.25) is 11.8 Å².